The van der Waals surface area contributed by atoms with Crippen molar-refractivity contribution < 1.29 is 4.42 Å². The highest BCUT2D eigenvalue weighted by molar-refractivity contribution is 7.99. The fourth-order valence-corrected chi connectivity index (χ4v) is 4.93. The maximum Gasteiger partial charge on any atom is 0.170 e. The minimum atomic E-state index is -0.154. The molecule has 1 fully saturated rings. The highest BCUT2D eigenvalue weighted by atomic mass is 35.5. The molecule has 1 aromatic carbocycles. The molecule has 0 aliphatic carbocycles. The third kappa shape index (κ3) is 4.50. The van der Waals surface area contributed by atoms with Crippen LogP contribution >= 0.6 is 35.6 Å². The predicted molar refractivity (Wildman–Crippen MR) is 130 cm³/mol. The first-order chi connectivity index (χ1) is 15.7. The van der Waals surface area contributed by atoms with Crippen LogP contribution in [0, 0.1) is 0 Å². The topological polar surface area (TPSA) is 54.2 Å². The molecule has 0 saturated carbocycles. The summed E-state index contributed by atoms with van der Waals surface area (Å²) in [6.07, 6.45) is 3.59. The summed E-state index contributed by atoms with van der Waals surface area (Å²) < 4.78 is 6.31. The molecular formula is C24H19ClN4OS2. The minimum Gasteiger partial charge on any atom is -0.452 e. The maximum absolute atomic E-state index is 6.31. The first kappa shape index (κ1) is 21.0. The van der Waals surface area contributed by atoms with Crippen molar-refractivity contribution in [3.8, 4) is 0 Å². The Kier molecular flexibility index (Phi) is 6.12. The first-order valence-corrected chi connectivity index (χ1v) is 11.7. The van der Waals surface area contributed by atoms with Gasteiger partial charge in [0.15, 0.2) is 10.2 Å². The lowest BCUT2D eigenvalue weighted by molar-refractivity contribution is 0.253. The zero-order valence-electron chi connectivity index (χ0n) is 16.9. The number of hydrogen-bond donors (Lipinski definition) is 1. The summed E-state index contributed by atoms with van der Waals surface area (Å²) in [7, 11) is 0. The molecule has 0 amide bonds. The smallest absolute Gasteiger partial charge is 0.170 e. The number of rotatable bonds is 6. The summed E-state index contributed by atoms with van der Waals surface area (Å²) in [6, 6.07) is 23.2. The standard InChI is InChI=1S/C24H19ClN4OS2/c25-16-7-9-18(10-8-16)32-21-12-11-20(30-21)23-22(19-6-2-4-14-27-19)28-24(31)29(23)15-17-5-1-3-13-26-17/h1-14,22-23H,15H2,(H,28,31). The van der Waals surface area contributed by atoms with Crippen LogP contribution in [0.15, 0.2) is 99.6 Å². The zero-order chi connectivity index (χ0) is 21.9. The lowest BCUT2D eigenvalue weighted by atomic mass is 10.0. The maximum atomic E-state index is 6.31. The van der Waals surface area contributed by atoms with Crippen LogP contribution < -0.4 is 5.32 Å². The van der Waals surface area contributed by atoms with Crippen LogP contribution in [0.1, 0.15) is 29.2 Å². The number of hydrogen-bond acceptors (Lipinski definition) is 5. The number of nitrogens with zero attached hydrogens (tertiary/aromatic N) is 3. The molecule has 160 valence electrons. The van der Waals surface area contributed by atoms with Gasteiger partial charge in [-0.05, 0) is 72.9 Å². The van der Waals surface area contributed by atoms with E-state index in [4.69, 9.17) is 28.2 Å². The summed E-state index contributed by atoms with van der Waals surface area (Å²) in [5, 5.41) is 5.61. The number of aromatic nitrogens is 2. The number of furan rings is 1. The second kappa shape index (κ2) is 9.32. The Bertz CT molecular complexity index is 1200. The Morgan fingerprint density at radius 3 is 2.47 bits per heavy atom. The second-order valence-corrected chi connectivity index (χ2v) is 9.19. The van der Waals surface area contributed by atoms with Gasteiger partial charge in [0.2, 0.25) is 0 Å². The molecule has 1 aliphatic heterocycles. The number of pyridine rings is 2. The molecule has 4 aromatic rings. The first-order valence-electron chi connectivity index (χ1n) is 10.1. The van der Waals surface area contributed by atoms with E-state index in [1.54, 1.807) is 24.2 Å². The van der Waals surface area contributed by atoms with E-state index >= 15 is 0 Å². The van der Waals surface area contributed by atoms with Crippen molar-refractivity contribution in [1.29, 1.82) is 0 Å². The predicted octanol–water partition coefficient (Wildman–Crippen LogP) is 6.05. The lowest BCUT2D eigenvalue weighted by Gasteiger charge is -2.25. The Labute approximate surface area is 200 Å². The van der Waals surface area contributed by atoms with Crippen LogP contribution in [0.3, 0.4) is 0 Å². The molecule has 2 atom stereocenters. The number of benzene rings is 1. The van der Waals surface area contributed by atoms with Crippen molar-refractivity contribution in [2.75, 3.05) is 0 Å². The van der Waals surface area contributed by atoms with Gasteiger partial charge in [-0.1, -0.05) is 35.5 Å². The van der Waals surface area contributed by atoms with Gasteiger partial charge in [0.1, 0.15) is 11.8 Å². The second-order valence-electron chi connectivity index (χ2n) is 7.29. The van der Waals surface area contributed by atoms with E-state index in [-0.39, 0.29) is 12.1 Å². The number of nitrogens with one attached hydrogen (secondary N) is 1. The largest absolute Gasteiger partial charge is 0.452 e. The van der Waals surface area contributed by atoms with Gasteiger partial charge >= 0.3 is 0 Å². The van der Waals surface area contributed by atoms with Crippen molar-refractivity contribution in [3.05, 3.63) is 107 Å². The van der Waals surface area contributed by atoms with Crippen LogP contribution in [0.5, 0.6) is 0 Å². The third-order valence-corrected chi connectivity index (χ3v) is 6.71. The molecule has 1 saturated heterocycles. The van der Waals surface area contributed by atoms with Crippen molar-refractivity contribution in [2.45, 2.75) is 28.6 Å². The van der Waals surface area contributed by atoms with Gasteiger partial charge in [0.25, 0.3) is 0 Å². The SMILES string of the molecule is S=C1NC(c2ccccn2)C(c2ccc(Sc3ccc(Cl)cc3)o2)N1Cc1ccccn1. The highest BCUT2D eigenvalue weighted by Gasteiger charge is 2.41. The fraction of sp³-hybridized carbons (Fsp3) is 0.125. The highest BCUT2D eigenvalue weighted by Crippen LogP contribution is 2.41. The van der Waals surface area contributed by atoms with Crippen molar-refractivity contribution in [2.24, 2.45) is 0 Å². The van der Waals surface area contributed by atoms with Gasteiger partial charge < -0.3 is 14.6 Å². The number of halogens is 1. The zero-order valence-corrected chi connectivity index (χ0v) is 19.3. The van der Waals surface area contributed by atoms with Crippen LogP contribution in [0.4, 0.5) is 0 Å². The van der Waals surface area contributed by atoms with Gasteiger partial charge in [-0.25, -0.2) is 0 Å². The normalized spacial score (nSPS) is 18.0. The van der Waals surface area contributed by atoms with Crippen molar-refractivity contribution in [1.82, 2.24) is 20.2 Å². The quantitative estimate of drug-likeness (QED) is 0.338. The summed E-state index contributed by atoms with van der Waals surface area (Å²) in [6.45, 7) is 0.570. The molecule has 5 nitrogen and oxygen atoms in total. The molecule has 3 aromatic heterocycles. The Hall–Kier alpha value is -2.87. The molecular weight excluding hydrogens is 460 g/mol. The van der Waals surface area contributed by atoms with Gasteiger partial charge in [0.05, 0.1) is 24.0 Å². The molecule has 0 spiro atoms. The van der Waals surface area contributed by atoms with E-state index in [0.29, 0.717) is 16.7 Å². The van der Waals surface area contributed by atoms with Crippen molar-refractivity contribution in [3.63, 3.8) is 0 Å². The summed E-state index contributed by atoms with van der Waals surface area (Å²) in [4.78, 5) is 12.2. The molecule has 0 bridgehead atoms. The van der Waals surface area contributed by atoms with E-state index in [1.807, 2.05) is 72.8 Å². The van der Waals surface area contributed by atoms with Gasteiger partial charge in [-0.3, -0.25) is 9.97 Å². The molecule has 2 unspecified atom stereocenters. The Morgan fingerprint density at radius 1 is 0.969 bits per heavy atom. The van der Waals surface area contributed by atoms with Crippen molar-refractivity contribution >= 4 is 40.7 Å². The monoisotopic (exact) mass is 478 g/mol. The molecule has 32 heavy (non-hydrogen) atoms. The number of thiocarbonyl (C=S) groups is 1. The molecule has 0 radical (unpaired) electrons. The Morgan fingerprint density at radius 2 is 1.75 bits per heavy atom. The Balaban J connectivity index is 1.47. The summed E-state index contributed by atoms with van der Waals surface area (Å²) >= 11 is 13.3. The summed E-state index contributed by atoms with van der Waals surface area (Å²) in [5.41, 5.74) is 1.84. The van der Waals surface area contributed by atoms with Crippen LogP contribution in [0.2, 0.25) is 5.02 Å². The molecule has 1 aliphatic rings. The minimum absolute atomic E-state index is 0.132. The lowest BCUT2D eigenvalue weighted by Crippen LogP contribution is -2.29. The van der Waals surface area contributed by atoms with Gasteiger partial charge in [-0.2, -0.15) is 0 Å². The average Bonchev–Trinajstić information content (AvgIpc) is 3.41. The molecule has 1 N–H and O–H groups in total. The van der Waals surface area contributed by atoms with E-state index in [1.165, 1.54) is 0 Å². The molecule has 5 rings (SSSR count). The van der Waals surface area contributed by atoms with Gasteiger partial charge in [-0.15, -0.1) is 0 Å². The van der Waals surface area contributed by atoms with Gasteiger partial charge in [0, 0.05) is 22.3 Å². The van der Waals surface area contributed by atoms with Crippen LogP contribution in [0.25, 0.3) is 0 Å². The van der Waals surface area contributed by atoms with Crippen LogP contribution in [-0.2, 0) is 6.54 Å². The fourth-order valence-electron chi connectivity index (χ4n) is 3.72. The molecule has 8 heteroatoms. The van der Waals surface area contributed by atoms with E-state index in [9.17, 15) is 0 Å². The van der Waals surface area contributed by atoms with E-state index < -0.39 is 0 Å². The average molecular weight is 479 g/mol. The van der Waals surface area contributed by atoms with Crippen LogP contribution in [-0.4, -0.2) is 20.0 Å². The van der Waals surface area contributed by atoms with E-state index in [2.05, 4.69) is 20.2 Å². The summed E-state index contributed by atoms with van der Waals surface area (Å²) in [5.74, 6) is 0.820. The van der Waals surface area contributed by atoms with E-state index in [0.717, 1.165) is 27.1 Å². The third-order valence-electron chi connectivity index (χ3n) is 5.18. The molecule has 4 heterocycles.